The summed E-state index contributed by atoms with van der Waals surface area (Å²) in [6, 6.07) is 4.25. The Hall–Kier alpha value is -0.930. The Kier molecular flexibility index (Phi) is 4.36. The highest BCUT2D eigenvalue weighted by atomic mass is 16.3. The van der Waals surface area contributed by atoms with E-state index in [9.17, 15) is 5.11 Å². The average Bonchev–Trinajstić information content (AvgIpc) is 2.41. The maximum absolute atomic E-state index is 10.5. The molecule has 1 aliphatic rings. The van der Waals surface area contributed by atoms with Gasteiger partial charge in [-0.15, -0.1) is 0 Å². The first-order valence-corrected chi connectivity index (χ1v) is 6.95. The third kappa shape index (κ3) is 3.53. The zero-order valence-corrected chi connectivity index (χ0v) is 11.4. The first kappa shape index (κ1) is 13.5. The van der Waals surface area contributed by atoms with Gasteiger partial charge in [0.25, 0.3) is 0 Å². The van der Waals surface area contributed by atoms with Gasteiger partial charge in [-0.05, 0) is 50.2 Å². The van der Waals surface area contributed by atoms with Gasteiger partial charge in [-0.1, -0.05) is 13.0 Å². The van der Waals surface area contributed by atoms with E-state index in [0.717, 1.165) is 31.6 Å². The summed E-state index contributed by atoms with van der Waals surface area (Å²) >= 11 is 0. The van der Waals surface area contributed by atoms with E-state index in [1.807, 2.05) is 12.3 Å². The SMILES string of the molecule is CC1CCC(O)(CNC(C)c2cccnc2)CC1. The summed E-state index contributed by atoms with van der Waals surface area (Å²) in [6.07, 6.45) is 7.78. The lowest BCUT2D eigenvalue weighted by atomic mass is 9.79. The van der Waals surface area contributed by atoms with Gasteiger partial charge in [-0.25, -0.2) is 0 Å². The van der Waals surface area contributed by atoms with E-state index in [1.165, 1.54) is 5.56 Å². The topological polar surface area (TPSA) is 45.1 Å². The summed E-state index contributed by atoms with van der Waals surface area (Å²) in [5, 5.41) is 13.9. The van der Waals surface area contributed by atoms with Crippen molar-refractivity contribution >= 4 is 0 Å². The monoisotopic (exact) mass is 248 g/mol. The Bertz CT molecular complexity index is 358. The Labute approximate surface area is 110 Å². The third-order valence-corrected chi connectivity index (χ3v) is 4.13. The van der Waals surface area contributed by atoms with Gasteiger partial charge in [0.2, 0.25) is 0 Å². The summed E-state index contributed by atoms with van der Waals surface area (Å²) in [5.41, 5.74) is 0.661. The van der Waals surface area contributed by atoms with E-state index < -0.39 is 5.60 Å². The summed E-state index contributed by atoms with van der Waals surface area (Å²) in [4.78, 5) is 4.13. The van der Waals surface area contributed by atoms with Gasteiger partial charge >= 0.3 is 0 Å². The molecule has 1 aromatic rings. The van der Waals surface area contributed by atoms with Crippen LogP contribution in [0.2, 0.25) is 0 Å². The zero-order chi connectivity index (χ0) is 13.0. The Morgan fingerprint density at radius 1 is 1.50 bits per heavy atom. The van der Waals surface area contributed by atoms with Crippen LogP contribution in [0.3, 0.4) is 0 Å². The molecule has 1 fully saturated rings. The van der Waals surface area contributed by atoms with Gasteiger partial charge in [-0.3, -0.25) is 4.98 Å². The highest BCUT2D eigenvalue weighted by molar-refractivity contribution is 5.12. The highest BCUT2D eigenvalue weighted by Crippen LogP contribution is 2.31. The van der Waals surface area contributed by atoms with Crippen LogP contribution in [0.1, 0.15) is 51.1 Å². The van der Waals surface area contributed by atoms with E-state index in [2.05, 4.69) is 30.2 Å². The molecule has 1 saturated carbocycles. The summed E-state index contributed by atoms with van der Waals surface area (Å²) in [5.74, 6) is 0.765. The number of hydrogen-bond donors (Lipinski definition) is 2. The van der Waals surface area contributed by atoms with Crippen LogP contribution in [0.25, 0.3) is 0 Å². The van der Waals surface area contributed by atoms with Crippen molar-refractivity contribution in [2.45, 2.75) is 51.2 Å². The van der Waals surface area contributed by atoms with Gasteiger partial charge in [-0.2, -0.15) is 0 Å². The number of nitrogens with zero attached hydrogens (tertiary/aromatic N) is 1. The second kappa shape index (κ2) is 5.81. The smallest absolute Gasteiger partial charge is 0.0772 e. The van der Waals surface area contributed by atoms with E-state index >= 15 is 0 Å². The van der Waals surface area contributed by atoms with Crippen molar-refractivity contribution in [2.75, 3.05) is 6.54 Å². The number of nitrogens with one attached hydrogen (secondary N) is 1. The minimum absolute atomic E-state index is 0.238. The molecule has 0 saturated heterocycles. The molecule has 2 N–H and O–H groups in total. The van der Waals surface area contributed by atoms with Gasteiger partial charge in [0, 0.05) is 25.0 Å². The lowest BCUT2D eigenvalue weighted by molar-refractivity contribution is -0.00784. The molecule has 0 aromatic carbocycles. The van der Waals surface area contributed by atoms with Crippen LogP contribution in [0, 0.1) is 5.92 Å². The number of aliphatic hydroxyl groups is 1. The molecule has 100 valence electrons. The predicted molar refractivity (Wildman–Crippen MR) is 73.2 cm³/mol. The second-order valence-electron chi connectivity index (χ2n) is 5.80. The Balaban J connectivity index is 1.84. The van der Waals surface area contributed by atoms with Crippen LogP contribution in [0.4, 0.5) is 0 Å². The molecule has 3 heteroatoms. The van der Waals surface area contributed by atoms with Crippen LogP contribution in [0.5, 0.6) is 0 Å². The molecule has 18 heavy (non-hydrogen) atoms. The van der Waals surface area contributed by atoms with Crippen molar-refractivity contribution in [1.29, 1.82) is 0 Å². The minimum atomic E-state index is -0.511. The largest absolute Gasteiger partial charge is 0.389 e. The molecule has 0 amide bonds. The van der Waals surface area contributed by atoms with Crippen LogP contribution < -0.4 is 5.32 Å². The molecule has 1 aliphatic carbocycles. The van der Waals surface area contributed by atoms with Crippen molar-refractivity contribution in [2.24, 2.45) is 5.92 Å². The summed E-state index contributed by atoms with van der Waals surface area (Å²) < 4.78 is 0. The van der Waals surface area contributed by atoms with E-state index in [4.69, 9.17) is 0 Å². The first-order chi connectivity index (χ1) is 8.59. The van der Waals surface area contributed by atoms with Gasteiger partial charge in [0.15, 0.2) is 0 Å². The maximum atomic E-state index is 10.5. The van der Waals surface area contributed by atoms with Gasteiger partial charge < -0.3 is 10.4 Å². The molecule has 2 rings (SSSR count). The standard InChI is InChI=1S/C15H24N2O/c1-12-5-7-15(18,8-6-12)11-17-13(2)14-4-3-9-16-10-14/h3-4,9-10,12-13,17-18H,5-8,11H2,1-2H3. The second-order valence-corrected chi connectivity index (χ2v) is 5.80. The first-order valence-electron chi connectivity index (χ1n) is 6.95. The van der Waals surface area contributed by atoms with E-state index in [1.54, 1.807) is 6.20 Å². The third-order valence-electron chi connectivity index (χ3n) is 4.13. The summed E-state index contributed by atoms with van der Waals surface area (Å²) in [7, 11) is 0. The summed E-state index contributed by atoms with van der Waals surface area (Å²) in [6.45, 7) is 5.06. The van der Waals surface area contributed by atoms with Gasteiger partial charge in [0.1, 0.15) is 0 Å². The predicted octanol–water partition coefficient (Wildman–Crippen LogP) is 2.67. The lowest BCUT2D eigenvalue weighted by Crippen LogP contribution is -2.44. The van der Waals surface area contributed by atoms with Crippen molar-refractivity contribution < 1.29 is 5.11 Å². The molecule has 1 aromatic heterocycles. The lowest BCUT2D eigenvalue weighted by Gasteiger charge is -2.36. The van der Waals surface area contributed by atoms with Crippen LogP contribution in [-0.4, -0.2) is 22.2 Å². The fraction of sp³-hybridized carbons (Fsp3) is 0.667. The normalized spacial score (nSPS) is 30.1. The number of pyridine rings is 1. The molecule has 0 spiro atoms. The number of aromatic nitrogens is 1. The van der Waals surface area contributed by atoms with Crippen LogP contribution >= 0.6 is 0 Å². The highest BCUT2D eigenvalue weighted by Gasteiger charge is 2.31. The molecule has 1 unspecified atom stereocenters. The van der Waals surface area contributed by atoms with Crippen molar-refractivity contribution in [3.8, 4) is 0 Å². The van der Waals surface area contributed by atoms with Crippen LogP contribution in [0.15, 0.2) is 24.5 Å². The van der Waals surface area contributed by atoms with Crippen molar-refractivity contribution in [3.05, 3.63) is 30.1 Å². The fourth-order valence-electron chi connectivity index (χ4n) is 2.57. The molecular formula is C15H24N2O. The van der Waals surface area contributed by atoms with Crippen molar-refractivity contribution in [3.63, 3.8) is 0 Å². The number of hydrogen-bond acceptors (Lipinski definition) is 3. The van der Waals surface area contributed by atoms with Crippen LogP contribution in [-0.2, 0) is 0 Å². The molecule has 1 atom stereocenters. The Morgan fingerprint density at radius 3 is 2.83 bits per heavy atom. The molecular weight excluding hydrogens is 224 g/mol. The van der Waals surface area contributed by atoms with E-state index in [-0.39, 0.29) is 6.04 Å². The molecule has 0 aliphatic heterocycles. The molecule has 3 nitrogen and oxygen atoms in total. The average molecular weight is 248 g/mol. The van der Waals surface area contributed by atoms with Gasteiger partial charge in [0.05, 0.1) is 5.60 Å². The van der Waals surface area contributed by atoms with Crippen molar-refractivity contribution in [1.82, 2.24) is 10.3 Å². The number of rotatable bonds is 4. The zero-order valence-electron chi connectivity index (χ0n) is 11.4. The van der Waals surface area contributed by atoms with E-state index in [0.29, 0.717) is 6.54 Å². The maximum Gasteiger partial charge on any atom is 0.0772 e. The Morgan fingerprint density at radius 2 is 2.22 bits per heavy atom. The quantitative estimate of drug-likeness (QED) is 0.861. The molecule has 0 bridgehead atoms. The minimum Gasteiger partial charge on any atom is -0.389 e. The molecule has 0 radical (unpaired) electrons. The fourth-order valence-corrected chi connectivity index (χ4v) is 2.57. The molecule has 1 heterocycles.